The van der Waals surface area contributed by atoms with Gasteiger partial charge in [-0.15, -0.1) is 0 Å². The van der Waals surface area contributed by atoms with E-state index in [-0.39, 0.29) is 61.2 Å². The first kappa shape index (κ1) is 37.2. The number of halogens is 2. The molecule has 7 rings (SSSR count). The van der Waals surface area contributed by atoms with Crippen molar-refractivity contribution in [2.24, 2.45) is 7.05 Å². The van der Waals surface area contributed by atoms with Crippen molar-refractivity contribution in [3.63, 3.8) is 0 Å². The largest absolute Gasteiger partial charge is 0.494 e. The Balaban J connectivity index is 0.800. The highest BCUT2D eigenvalue weighted by Gasteiger charge is 2.37. The Morgan fingerprint density at radius 1 is 0.833 bits per heavy atom. The van der Waals surface area contributed by atoms with E-state index >= 15 is 0 Å². The van der Waals surface area contributed by atoms with E-state index < -0.39 is 17.9 Å². The van der Waals surface area contributed by atoms with E-state index in [1.165, 1.54) is 37.8 Å². The van der Waals surface area contributed by atoms with Gasteiger partial charge in [0, 0.05) is 85.9 Å². The molecule has 13 heteroatoms. The maximum atomic E-state index is 14.9. The van der Waals surface area contributed by atoms with Crippen LogP contribution in [0.2, 0.25) is 0 Å². The fourth-order valence-corrected chi connectivity index (χ4v) is 7.33. The van der Waals surface area contributed by atoms with Crippen LogP contribution >= 0.6 is 0 Å². The highest BCUT2D eigenvalue weighted by molar-refractivity contribution is 6.08. The number of rotatable bonds is 14. The number of aromatic nitrogens is 3. The summed E-state index contributed by atoms with van der Waals surface area (Å²) in [6.07, 6.45) is 8.46. The van der Waals surface area contributed by atoms with Crippen LogP contribution in [-0.4, -0.2) is 96.1 Å². The molecule has 2 fully saturated rings. The second-order valence-corrected chi connectivity index (χ2v) is 14.0. The van der Waals surface area contributed by atoms with Gasteiger partial charge in [-0.3, -0.25) is 9.88 Å². The summed E-state index contributed by atoms with van der Waals surface area (Å²) in [5, 5.41) is 2.31. The van der Waals surface area contributed by atoms with Crippen LogP contribution < -0.4 is 9.47 Å². The number of ether oxygens (including phenoxy) is 5. The monoisotopic (exact) mass is 742 g/mol. The van der Waals surface area contributed by atoms with Crippen molar-refractivity contribution in [1.29, 1.82) is 0 Å². The van der Waals surface area contributed by atoms with Gasteiger partial charge in [-0.05, 0) is 61.2 Å². The third kappa shape index (κ3) is 8.32. The molecule has 1 saturated heterocycles. The highest BCUT2D eigenvalue weighted by Crippen LogP contribution is 2.34. The Hall–Kier alpha value is -5.14. The Morgan fingerprint density at radius 3 is 2.33 bits per heavy atom. The van der Waals surface area contributed by atoms with Crippen molar-refractivity contribution in [3.05, 3.63) is 84.3 Å². The molecule has 284 valence electrons. The predicted octanol–water partition coefficient (Wildman–Crippen LogP) is 7.25. The zero-order chi connectivity index (χ0) is 37.8. The Bertz CT molecular complexity index is 2110. The summed E-state index contributed by atoms with van der Waals surface area (Å²) in [6, 6.07) is 16.6. The molecule has 0 radical (unpaired) electrons. The molecule has 11 nitrogen and oxygen atoms in total. The number of esters is 2. The number of benzene rings is 2. The zero-order valence-electron chi connectivity index (χ0n) is 30.6. The van der Waals surface area contributed by atoms with Crippen molar-refractivity contribution in [1.82, 2.24) is 19.4 Å². The standard InChI is InChI=1S/C41H44F2N4O7/c1-46-36-11-15-44-24-35(36)32-8-5-26(19-37(32)46)27-6-10-38(45-23-27)54-31-20-30(21-31)53-28-12-16-47(17-13-28)25-41(42,43)14-4-18-52-29-7-9-33(39(48)50-2)34(22-29)40(49)51-3/h5-11,15,19,22-24,28,30-31H,4,12-14,16-18,20-21,25H2,1-3H3/t30-,31-. The van der Waals surface area contributed by atoms with Crippen LogP contribution in [0.15, 0.2) is 73.2 Å². The minimum atomic E-state index is -2.88. The molecular weight excluding hydrogens is 698 g/mol. The molecule has 4 heterocycles. The van der Waals surface area contributed by atoms with Gasteiger partial charge in [-0.1, -0.05) is 12.1 Å². The van der Waals surface area contributed by atoms with Gasteiger partial charge >= 0.3 is 11.9 Å². The van der Waals surface area contributed by atoms with E-state index in [9.17, 15) is 18.4 Å². The second-order valence-electron chi connectivity index (χ2n) is 14.0. The van der Waals surface area contributed by atoms with Crippen LogP contribution in [0.25, 0.3) is 32.9 Å². The molecule has 2 aliphatic rings. The molecule has 1 saturated carbocycles. The summed E-state index contributed by atoms with van der Waals surface area (Å²) in [4.78, 5) is 34.7. The number of aryl methyl sites for hydroxylation is 1. The molecule has 0 amide bonds. The van der Waals surface area contributed by atoms with Crippen LogP contribution in [0.1, 0.15) is 59.2 Å². The molecule has 0 bridgehead atoms. The third-order valence-corrected chi connectivity index (χ3v) is 10.3. The number of hydrogen-bond donors (Lipinski definition) is 0. The number of methoxy groups -OCH3 is 2. The number of likely N-dealkylation sites (tertiary alicyclic amines) is 1. The van der Waals surface area contributed by atoms with Crippen LogP contribution in [0.4, 0.5) is 8.78 Å². The van der Waals surface area contributed by atoms with Crippen LogP contribution in [-0.2, 0) is 21.3 Å². The molecule has 3 aromatic heterocycles. The van der Waals surface area contributed by atoms with Crippen molar-refractivity contribution in [3.8, 4) is 22.8 Å². The quantitative estimate of drug-likeness (QED) is 0.0852. The minimum absolute atomic E-state index is 0.0191. The van der Waals surface area contributed by atoms with E-state index in [2.05, 4.69) is 39.8 Å². The molecule has 1 aliphatic heterocycles. The van der Waals surface area contributed by atoms with Gasteiger partial charge in [-0.2, -0.15) is 0 Å². The summed E-state index contributed by atoms with van der Waals surface area (Å²) in [7, 11) is 4.47. The SMILES string of the molecule is COC(=O)c1ccc(OCCCC(F)(F)CN2CCC(O[C@H]3C[C@H](Oc4ccc(-c5ccc6c7cnccc7n(C)c6c5)cn4)C3)CC2)cc1C(=O)OC. The van der Waals surface area contributed by atoms with Crippen LogP contribution in [0, 0.1) is 0 Å². The number of pyridine rings is 2. The van der Waals surface area contributed by atoms with Crippen molar-refractivity contribution < 1.29 is 42.1 Å². The fourth-order valence-electron chi connectivity index (χ4n) is 7.33. The van der Waals surface area contributed by atoms with Gasteiger partial charge in [0.15, 0.2) is 0 Å². The minimum Gasteiger partial charge on any atom is -0.494 e. The Labute approximate surface area is 312 Å². The average molecular weight is 743 g/mol. The van der Waals surface area contributed by atoms with Gasteiger partial charge in [0.25, 0.3) is 5.92 Å². The number of carbonyl (C=O) groups excluding carboxylic acids is 2. The van der Waals surface area contributed by atoms with Gasteiger partial charge in [0.2, 0.25) is 5.88 Å². The Morgan fingerprint density at radius 2 is 1.59 bits per heavy atom. The first-order valence-electron chi connectivity index (χ1n) is 18.2. The van der Waals surface area contributed by atoms with E-state index in [0.717, 1.165) is 40.4 Å². The smallest absolute Gasteiger partial charge is 0.338 e. The molecule has 0 unspecified atom stereocenters. The third-order valence-electron chi connectivity index (χ3n) is 10.3. The lowest BCUT2D eigenvalue weighted by atomic mass is 9.91. The second kappa shape index (κ2) is 16.1. The Kier molecular flexibility index (Phi) is 11.1. The van der Waals surface area contributed by atoms with E-state index in [1.54, 1.807) is 4.90 Å². The molecule has 2 aromatic carbocycles. The summed E-state index contributed by atoms with van der Waals surface area (Å²) in [5.41, 5.74) is 4.39. The number of fused-ring (bicyclic) bond motifs is 3. The van der Waals surface area contributed by atoms with E-state index in [4.69, 9.17) is 23.7 Å². The summed E-state index contributed by atoms with van der Waals surface area (Å²) in [5.74, 6) is -3.44. The van der Waals surface area contributed by atoms with Crippen molar-refractivity contribution in [2.45, 2.75) is 62.8 Å². The molecule has 0 N–H and O–H groups in total. The number of hydrogen-bond acceptors (Lipinski definition) is 10. The maximum Gasteiger partial charge on any atom is 0.338 e. The van der Waals surface area contributed by atoms with Gasteiger partial charge in [-0.25, -0.2) is 23.4 Å². The topological polar surface area (TPSA) is 114 Å². The molecule has 1 aliphatic carbocycles. The average Bonchev–Trinajstić information content (AvgIpc) is 3.46. The van der Waals surface area contributed by atoms with Crippen LogP contribution in [0.5, 0.6) is 11.6 Å². The summed E-state index contributed by atoms with van der Waals surface area (Å²) < 4.78 is 59.4. The zero-order valence-corrected chi connectivity index (χ0v) is 30.6. The van der Waals surface area contributed by atoms with Gasteiger partial charge in [0.05, 0.1) is 56.2 Å². The maximum absolute atomic E-state index is 14.9. The van der Waals surface area contributed by atoms with Crippen LogP contribution in [0.3, 0.4) is 0 Å². The number of carbonyl (C=O) groups is 2. The van der Waals surface area contributed by atoms with Crippen molar-refractivity contribution >= 4 is 33.7 Å². The summed E-state index contributed by atoms with van der Waals surface area (Å²) >= 11 is 0. The van der Waals surface area contributed by atoms with E-state index in [0.29, 0.717) is 31.8 Å². The number of nitrogens with zero attached hydrogens (tertiary/aromatic N) is 4. The molecule has 0 atom stereocenters. The molecule has 0 spiro atoms. The molecule has 5 aromatic rings. The first-order valence-corrected chi connectivity index (χ1v) is 18.2. The van der Waals surface area contributed by atoms with Gasteiger partial charge in [0.1, 0.15) is 11.9 Å². The number of alkyl halides is 2. The van der Waals surface area contributed by atoms with Gasteiger partial charge < -0.3 is 28.3 Å². The lowest BCUT2D eigenvalue weighted by Gasteiger charge is -2.40. The lowest BCUT2D eigenvalue weighted by molar-refractivity contribution is -0.117. The summed E-state index contributed by atoms with van der Waals surface area (Å²) in [6.45, 7) is 0.805. The van der Waals surface area contributed by atoms with Crippen molar-refractivity contribution in [2.75, 3.05) is 40.5 Å². The molecule has 54 heavy (non-hydrogen) atoms. The first-order chi connectivity index (χ1) is 26.1. The highest BCUT2D eigenvalue weighted by atomic mass is 19.3. The molecular formula is C41H44F2N4O7. The normalized spacial score (nSPS) is 18.0. The van der Waals surface area contributed by atoms with E-state index in [1.807, 2.05) is 36.8 Å². The fraction of sp³-hybridized carbons (Fsp3) is 0.415. The predicted molar refractivity (Wildman–Crippen MR) is 198 cm³/mol. The lowest BCUT2D eigenvalue weighted by Crippen LogP contribution is -2.46. The number of piperidine rings is 1.